The molecule has 22 heavy (non-hydrogen) atoms. The quantitative estimate of drug-likeness (QED) is 0.792. The molecule has 0 bridgehead atoms. The topological polar surface area (TPSA) is 43.6 Å². The highest BCUT2D eigenvalue weighted by Gasteiger charge is 2.10. The molecule has 4 heteroatoms. The van der Waals surface area contributed by atoms with Gasteiger partial charge in [0.1, 0.15) is 11.5 Å². The number of methoxy groups -OCH3 is 1. The van der Waals surface area contributed by atoms with E-state index in [1.54, 1.807) is 7.11 Å². The highest BCUT2D eigenvalue weighted by atomic mass is 16.5. The number of hydrogen-bond acceptors (Lipinski definition) is 4. The van der Waals surface area contributed by atoms with Gasteiger partial charge in [-0.2, -0.15) is 0 Å². The summed E-state index contributed by atoms with van der Waals surface area (Å²) in [6.07, 6.45) is 0.979. The van der Waals surface area contributed by atoms with Gasteiger partial charge in [0.15, 0.2) is 11.5 Å². The third-order valence-electron chi connectivity index (χ3n) is 3.49. The number of furan rings is 1. The first kappa shape index (κ1) is 16.4. The van der Waals surface area contributed by atoms with Crippen LogP contribution in [0.3, 0.4) is 0 Å². The van der Waals surface area contributed by atoms with E-state index in [1.807, 2.05) is 31.2 Å². The van der Waals surface area contributed by atoms with E-state index >= 15 is 0 Å². The van der Waals surface area contributed by atoms with Crippen molar-refractivity contribution in [2.45, 2.75) is 39.8 Å². The van der Waals surface area contributed by atoms with Gasteiger partial charge in [0.25, 0.3) is 0 Å². The van der Waals surface area contributed by atoms with E-state index in [9.17, 15) is 0 Å². The molecule has 120 valence electrons. The van der Waals surface area contributed by atoms with Crippen LogP contribution < -0.4 is 14.8 Å². The molecule has 1 unspecified atom stereocenters. The average molecular weight is 303 g/mol. The van der Waals surface area contributed by atoms with Gasteiger partial charge in [-0.15, -0.1) is 0 Å². The zero-order valence-electron chi connectivity index (χ0n) is 13.8. The predicted molar refractivity (Wildman–Crippen MR) is 87.5 cm³/mol. The van der Waals surface area contributed by atoms with Gasteiger partial charge < -0.3 is 19.2 Å². The van der Waals surface area contributed by atoms with Crippen LogP contribution in [-0.2, 0) is 6.54 Å². The molecular formula is C18H25NO3. The van der Waals surface area contributed by atoms with Crippen molar-refractivity contribution in [3.05, 3.63) is 47.4 Å². The molecule has 0 saturated heterocycles. The molecule has 0 saturated carbocycles. The Bertz CT molecular complexity index is 592. The van der Waals surface area contributed by atoms with Crippen molar-refractivity contribution in [2.75, 3.05) is 13.7 Å². The molecule has 0 amide bonds. The minimum absolute atomic E-state index is 0.163. The summed E-state index contributed by atoms with van der Waals surface area (Å²) in [6, 6.07) is 10.2. The second-order valence-electron chi connectivity index (χ2n) is 5.38. The average Bonchev–Trinajstić information content (AvgIpc) is 2.97. The van der Waals surface area contributed by atoms with Crippen molar-refractivity contribution in [1.29, 1.82) is 0 Å². The summed E-state index contributed by atoms with van der Waals surface area (Å²) in [7, 11) is 1.67. The maximum absolute atomic E-state index is 5.67. The molecule has 0 fully saturated rings. The minimum Gasteiger partial charge on any atom is -0.493 e. The van der Waals surface area contributed by atoms with Crippen molar-refractivity contribution >= 4 is 0 Å². The van der Waals surface area contributed by atoms with Crippen molar-refractivity contribution in [2.24, 2.45) is 0 Å². The minimum atomic E-state index is 0.163. The zero-order valence-corrected chi connectivity index (χ0v) is 13.8. The second-order valence-corrected chi connectivity index (χ2v) is 5.38. The van der Waals surface area contributed by atoms with Crippen LogP contribution >= 0.6 is 0 Å². The van der Waals surface area contributed by atoms with E-state index in [1.165, 1.54) is 0 Å². The van der Waals surface area contributed by atoms with Gasteiger partial charge in [0.2, 0.25) is 0 Å². The molecule has 1 aromatic heterocycles. The molecule has 2 rings (SSSR count). The molecule has 1 heterocycles. The SMILES string of the molecule is CCCOc1ccc(CNC(C)c2ccc(C)o2)cc1OC. The van der Waals surface area contributed by atoms with Crippen LogP contribution in [0.5, 0.6) is 11.5 Å². The molecule has 1 aromatic carbocycles. The van der Waals surface area contributed by atoms with E-state index in [-0.39, 0.29) is 6.04 Å². The summed E-state index contributed by atoms with van der Waals surface area (Å²) >= 11 is 0. The van der Waals surface area contributed by atoms with Crippen LogP contribution in [0.2, 0.25) is 0 Å². The van der Waals surface area contributed by atoms with E-state index < -0.39 is 0 Å². The number of nitrogens with one attached hydrogen (secondary N) is 1. The number of aryl methyl sites for hydroxylation is 1. The number of benzene rings is 1. The monoisotopic (exact) mass is 303 g/mol. The molecule has 0 spiro atoms. The fourth-order valence-electron chi connectivity index (χ4n) is 2.21. The first-order valence-electron chi connectivity index (χ1n) is 7.73. The van der Waals surface area contributed by atoms with Gasteiger partial charge in [-0.05, 0) is 50.1 Å². The number of hydrogen-bond donors (Lipinski definition) is 1. The standard InChI is InChI=1S/C18H25NO3/c1-5-10-21-17-9-7-15(11-18(17)20-4)12-19-14(3)16-8-6-13(2)22-16/h6-9,11,14,19H,5,10,12H2,1-4H3. The Morgan fingerprint density at radius 3 is 2.64 bits per heavy atom. The Kier molecular flexibility index (Phi) is 5.90. The Morgan fingerprint density at radius 2 is 2.00 bits per heavy atom. The Morgan fingerprint density at radius 1 is 1.18 bits per heavy atom. The molecule has 0 aliphatic carbocycles. The normalized spacial score (nSPS) is 12.2. The maximum Gasteiger partial charge on any atom is 0.161 e. The molecule has 0 radical (unpaired) electrons. The summed E-state index contributed by atoms with van der Waals surface area (Å²) in [6.45, 7) is 7.57. The Balaban J connectivity index is 1.97. The van der Waals surface area contributed by atoms with Crippen LogP contribution in [0.1, 0.15) is 43.4 Å². The fraction of sp³-hybridized carbons (Fsp3) is 0.444. The van der Waals surface area contributed by atoms with Crippen LogP contribution in [0.25, 0.3) is 0 Å². The predicted octanol–water partition coefficient (Wildman–Crippen LogP) is 4.24. The lowest BCUT2D eigenvalue weighted by molar-refractivity contribution is 0.294. The third kappa shape index (κ3) is 4.28. The fourth-order valence-corrected chi connectivity index (χ4v) is 2.21. The summed E-state index contributed by atoms with van der Waals surface area (Å²) in [5.74, 6) is 3.45. The van der Waals surface area contributed by atoms with Gasteiger partial charge in [0, 0.05) is 6.54 Å². The molecule has 2 aromatic rings. The number of ether oxygens (including phenoxy) is 2. The summed E-state index contributed by atoms with van der Waals surface area (Å²) in [5.41, 5.74) is 1.15. The highest BCUT2D eigenvalue weighted by Crippen LogP contribution is 2.28. The Labute approximate surface area is 132 Å². The zero-order chi connectivity index (χ0) is 15.9. The van der Waals surface area contributed by atoms with Crippen LogP contribution in [0.4, 0.5) is 0 Å². The van der Waals surface area contributed by atoms with Crippen LogP contribution in [0, 0.1) is 6.92 Å². The van der Waals surface area contributed by atoms with Crippen LogP contribution in [0.15, 0.2) is 34.7 Å². The Hall–Kier alpha value is -1.94. The maximum atomic E-state index is 5.67. The van der Waals surface area contributed by atoms with Gasteiger partial charge in [-0.25, -0.2) is 0 Å². The lowest BCUT2D eigenvalue weighted by atomic mass is 10.1. The molecular weight excluding hydrogens is 278 g/mol. The highest BCUT2D eigenvalue weighted by molar-refractivity contribution is 5.43. The molecule has 0 aliphatic rings. The lowest BCUT2D eigenvalue weighted by Crippen LogP contribution is -2.17. The molecule has 1 N–H and O–H groups in total. The summed E-state index contributed by atoms with van der Waals surface area (Å²) < 4.78 is 16.7. The van der Waals surface area contributed by atoms with E-state index in [0.717, 1.165) is 41.5 Å². The van der Waals surface area contributed by atoms with Gasteiger partial charge >= 0.3 is 0 Å². The smallest absolute Gasteiger partial charge is 0.161 e. The first-order chi connectivity index (χ1) is 10.6. The van der Waals surface area contributed by atoms with Gasteiger partial charge in [0.05, 0.1) is 19.8 Å². The third-order valence-corrected chi connectivity index (χ3v) is 3.49. The van der Waals surface area contributed by atoms with E-state index in [0.29, 0.717) is 6.61 Å². The van der Waals surface area contributed by atoms with Gasteiger partial charge in [-0.1, -0.05) is 13.0 Å². The van der Waals surface area contributed by atoms with E-state index in [2.05, 4.69) is 25.2 Å². The van der Waals surface area contributed by atoms with Crippen molar-refractivity contribution in [3.8, 4) is 11.5 Å². The van der Waals surface area contributed by atoms with Crippen molar-refractivity contribution < 1.29 is 13.9 Å². The molecule has 4 nitrogen and oxygen atoms in total. The summed E-state index contributed by atoms with van der Waals surface area (Å²) in [5, 5.41) is 3.45. The second kappa shape index (κ2) is 7.90. The van der Waals surface area contributed by atoms with Crippen molar-refractivity contribution in [1.82, 2.24) is 5.32 Å². The van der Waals surface area contributed by atoms with Crippen molar-refractivity contribution in [3.63, 3.8) is 0 Å². The van der Waals surface area contributed by atoms with E-state index in [4.69, 9.17) is 13.9 Å². The molecule has 0 aliphatic heterocycles. The molecule has 1 atom stereocenters. The summed E-state index contributed by atoms with van der Waals surface area (Å²) in [4.78, 5) is 0. The first-order valence-corrected chi connectivity index (χ1v) is 7.73. The lowest BCUT2D eigenvalue weighted by Gasteiger charge is -2.14. The van der Waals surface area contributed by atoms with Crippen LogP contribution in [-0.4, -0.2) is 13.7 Å². The van der Waals surface area contributed by atoms with Gasteiger partial charge in [-0.3, -0.25) is 0 Å². The largest absolute Gasteiger partial charge is 0.493 e. The number of rotatable bonds is 8.